The summed E-state index contributed by atoms with van der Waals surface area (Å²) in [5.74, 6) is 0. The van der Waals surface area contributed by atoms with Gasteiger partial charge in [-0.1, -0.05) is 41.5 Å². The molecule has 0 aliphatic rings. The van der Waals surface area contributed by atoms with Crippen LogP contribution in [0.5, 0.6) is 0 Å². The van der Waals surface area contributed by atoms with Crippen LogP contribution in [-0.4, -0.2) is 23.1 Å². The summed E-state index contributed by atoms with van der Waals surface area (Å²) < 4.78 is 51.1. The molecule has 0 saturated heterocycles. The van der Waals surface area contributed by atoms with E-state index in [1.807, 2.05) is 13.8 Å². The Morgan fingerprint density at radius 1 is 0.538 bits per heavy atom. The number of anilines is 1. The van der Waals surface area contributed by atoms with Gasteiger partial charge in [-0.15, -0.1) is 0 Å². The Morgan fingerprint density at radius 3 is 1.41 bits per heavy atom. The highest BCUT2D eigenvalue weighted by atomic mass is 32.2. The number of hydrogen-bond donors (Lipinski definition) is 1. The number of aryl methyl sites for hydroxylation is 2. The van der Waals surface area contributed by atoms with Gasteiger partial charge >= 0.3 is 0 Å². The molecule has 39 heavy (non-hydrogen) atoms. The first kappa shape index (κ1) is 27.8. The molecule has 0 unspecified atom stereocenters. The first-order valence-corrected chi connectivity index (χ1v) is 15.1. The second-order valence-corrected chi connectivity index (χ2v) is 12.7. The molecule has 0 atom stereocenters. The fourth-order valence-electron chi connectivity index (χ4n) is 3.59. The van der Waals surface area contributed by atoms with Crippen molar-refractivity contribution in [3.63, 3.8) is 0 Å². The zero-order chi connectivity index (χ0) is 27.9. The smallest absolute Gasteiger partial charge is 0.206 e. The van der Waals surface area contributed by atoms with Gasteiger partial charge in [0.05, 0.1) is 25.3 Å². The minimum Gasteiger partial charge on any atom is -0.362 e. The SMILES string of the molecule is Cc1ccc(S(=O)(=O)c2ccc(N=C/C=C/C=C/Nc3ccc(S(=O)(=O)c4ccc(C)cc4)cc3)cc2)cc1. The molecule has 0 heterocycles. The maximum Gasteiger partial charge on any atom is 0.206 e. The fourth-order valence-corrected chi connectivity index (χ4v) is 6.11. The third-order valence-electron chi connectivity index (χ3n) is 5.85. The van der Waals surface area contributed by atoms with E-state index in [2.05, 4.69) is 10.3 Å². The van der Waals surface area contributed by atoms with E-state index in [1.54, 1.807) is 128 Å². The molecular weight excluding hydrogens is 528 g/mol. The minimum absolute atomic E-state index is 0.218. The number of sulfone groups is 2. The van der Waals surface area contributed by atoms with E-state index in [0.29, 0.717) is 5.69 Å². The molecule has 1 N–H and O–H groups in total. The fraction of sp³-hybridized carbons (Fsp3) is 0.0645. The van der Waals surface area contributed by atoms with Crippen LogP contribution in [0.3, 0.4) is 0 Å². The van der Waals surface area contributed by atoms with Gasteiger partial charge in [-0.25, -0.2) is 16.8 Å². The highest BCUT2D eigenvalue weighted by Gasteiger charge is 2.18. The van der Waals surface area contributed by atoms with Gasteiger partial charge in [0.2, 0.25) is 19.7 Å². The Morgan fingerprint density at radius 2 is 0.949 bits per heavy atom. The van der Waals surface area contributed by atoms with Crippen molar-refractivity contribution < 1.29 is 16.8 Å². The number of nitrogens with zero attached hydrogens (tertiary/aromatic N) is 1. The van der Waals surface area contributed by atoms with Crippen LogP contribution in [0.2, 0.25) is 0 Å². The van der Waals surface area contributed by atoms with E-state index in [1.165, 1.54) is 0 Å². The molecule has 8 heteroatoms. The highest BCUT2D eigenvalue weighted by molar-refractivity contribution is 7.91. The van der Waals surface area contributed by atoms with Crippen molar-refractivity contribution in [1.29, 1.82) is 0 Å². The predicted octanol–water partition coefficient (Wildman–Crippen LogP) is 6.85. The molecule has 0 bridgehead atoms. The lowest BCUT2D eigenvalue weighted by Gasteiger charge is -2.06. The zero-order valence-electron chi connectivity index (χ0n) is 21.5. The number of nitrogens with one attached hydrogen (secondary N) is 1. The Labute approximate surface area is 229 Å². The normalized spacial score (nSPS) is 12.5. The standard InChI is InChI=1S/C31H28N2O4S2/c1-24-6-14-28(15-7-24)38(34,35)30-18-10-26(11-19-30)32-22-4-3-5-23-33-27-12-20-31(21-13-27)39(36,37)29-16-8-25(2)9-17-29/h3-23,32H,1-2H3/b5-3+,22-4+,33-23?. The summed E-state index contributed by atoms with van der Waals surface area (Å²) in [5, 5.41) is 3.09. The third kappa shape index (κ3) is 6.98. The number of allylic oxidation sites excluding steroid dienone is 3. The minimum atomic E-state index is -3.57. The Bertz CT molecular complexity index is 1720. The first-order chi connectivity index (χ1) is 18.7. The summed E-state index contributed by atoms with van der Waals surface area (Å²) in [6, 6.07) is 26.5. The van der Waals surface area contributed by atoms with E-state index < -0.39 is 19.7 Å². The van der Waals surface area contributed by atoms with Crippen LogP contribution in [-0.2, 0) is 19.7 Å². The molecule has 0 aliphatic carbocycles. The summed E-state index contributed by atoms with van der Waals surface area (Å²) in [6.45, 7) is 3.82. The van der Waals surface area contributed by atoms with Crippen molar-refractivity contribution in [2.24, 2.45) is 4.99 Å². The Kier molecular flexibility index (Phi) is 8.59. The monoisotopic (exact) mass is 556 g/mol. The van der Waals surface area contributed by atoms with Crippen molar-refractivity contribution in [3.05, 3.63) is 133 Å². The molecule has 0 radical (unpaired) electrons. The summed E-state index contributed by atoms with van der Waals surface area (Å²) >= 11 is 0. The van der Waals surface area contributed by atoms with Crippen molar-refractivity contribution in [1.82, 2.24) is 0 Å². The molecule has 0 aliphatic heterocycles. The highest BCUT2D eigenvalue weighted by Crippen LogP contribution is 2.24. The lowest BCUT2D eigenvalue weighted by atomic mass is 10.2. The van der Waals surface area contributed by atoms with E-state index in [0.717, 1.165) is 16.8 Å². The molecule has 4 aromatic carbocycles. The molecule has 6 nitrogen and oxygen atoms in total. The number of rotatable bonds is 9. The summed E-state index contributed by atoms with van der Waals surface area (Å²) in [6.07, 6.45) is 8.63. The second-order valence-electron chi connectivity index (χ2n) is 8.82. The van der Waals surface area contributed by atoms with Crippen molar-refractivity contribution in [2.75, 3.05) is 5.32 Å². The molecule has 0 aromatic heterocycles. The van der Waals surface area contributed by atoms with E-state index >= 15 is 0 Å². The van der Waals surface area contributed by atoms with Crippen molar-refractivity contribution >= 4 is 37.3 Å². The summed E-state index contributed by atoms with van der Waals surface area (Å²) in [4.78, 5) is 5.29. The van der Waals surface area contributed by atoms with Crippen LogP contribution in [0.25, 0.3) is 0 Å². The molecule has 0 saturated carbocycles. The van der Waals surface area contributed by atoms with Gasteiger partial charge in [0, 0.05) is 18.1 Å². The van der Waals surface area contributed by atoms with Crippen LogP contribution in [0, 0.1) is 13.8 Å². The van der Waals surface area contributed by atoms with E-state index in [4.69, 9.17) is 0 Å². The summed E-state index contributed by atoms with van der Waals surface area (Å²) in [7, 11) is -7.12. The second kappa shape index (κ2) is 12.1. The van der Waals surface area contributed by atoms with Gasteiger partial charge < -0.3 is 5.32 Å². The molecular formula is C31H28N2O4S2. The topological polar surface area (TPSA) is 92.7 Å². The van der Waals surface area contributed by atoms with Gasteiger partial charge in [0.15, 0.2) is 0 Å². The number of benzene rings is 4. The molecule has 4 aromatic rings. The van der Waals surface area contributed by atoms with Crippen molar-refractivity contribution in [2.45, 2.75) is 33.4 Å². The molecule has 4 rings (SSSR count). The van der Waals surface area contributed by atoms with Crippen molar-refractivity contribution in [3.8, 4) is 0 Å². The van der Waals surface area contributed by atoms with Crippen LogP contribution in [0.4, 0.5) is 11.4 Å². The van der Waals surface area contributed by atoms with Crippen LogP contribution in [0.1, 0.15) is 11.1 Å². The Balaban J connectivity index is 1.30. The lowest BCUT2D eigenvalue weighted by Crippen LogP contribution is -2.02. The van der Waals surface area contributed by atoms with Gasteiger partial charge in [-0.3, -0.25) is 4.99 Å². The Hall–Kier alpha value is -4.27. The van der Waals surface area contributed by atoms with E-state index in [-0.39, 0.29) is 19.6 Å². The van der Waals surface area contributed by atoms with Crippen LogP contribution in [0.15, 0.2) is 146 Å². The summed E-state index contributed by atoms with van der Waals surface area (Å²) in [5.41, 5.74) is 3.38. The van der Waals surface area contributed by atoms with E-state index in [9.17, 15) is 16.8 Å². The van der Waals surface area contributed by atoms with Gasteiger partial charge in [0.25, 0.3) is 0 Å². The number of aliphatic imine (C=N–C) groups is 1. The first-order valence-electron chi connectivity index (χ1n) is 12.1. The lowest BCUT2D eigenvalue weighted by molar-refractivity contribution is 0.594. The van der Waals surface area contributed by atoms with Gasteiger partial charge in [-0.05, 0) is 98.8 Å². The van der Waals surface area contributed by atoms with Gasteiger partial charge in [-0.2, -0.15) is 0 Å². The van der Waals surface area contributed by atoms with Crippen LogP contribution < -0.4 is 5.32 Å². The molecule has 0 fully saturated rings. The largest absolute Gasteiger partial charge is 0.362 e. The molecule has 0 amide bonds. The van der Waals surface area contributed by atoms with Gasteiger partial charge in [0.1, 0.15) is 0 Å². The quantitative estimate of drug-likeness (QED) is 0.180. The average molecular weight is 557 g/mol. The molecule has 198 valence electrons. The zero-order valence-corrected chi connectivity index (χ0v) is 23.2. The predicted molar refractivity (Wildman–Crippen MR) is 156 cm³/mol. The maximum atomic E-state index is 12.8. The average Bonchev–Trinajstić information content (AvgIpc) is 2.93. The molecule has 0 spiro atoms. The third-order valence-corrected chi connectivity index (χ3v) is 9.42. The van der Waals surface area contributed by atoms with Crippen LogP contribution >= 0.6 is 0 Å². The maximum absolute atomic E-state index is 12.8. The number of hydrogen-bond acceptors (Lipinski definition) is 6.